The number of nitrogens with zero attached hydrogens (tertiary/aromatic N) is 2. The van der Waals surface area contributed by atoms with E-state index in [9.17, 15) is 4.79 Å². The molecule has 1 aromatic heterocycles. The molecule has 3 heterocycles. The quantitative estimate of drug-likeness (QED) is 0.333. The number of aromatic nitrogens is 1. The number of benzene rings is 2. The molecule has 7 nitrogen and oxygen atoms in total. The predicted octanol–water partition coefficient (Wildman–Crippen LogP) is 6.18. The van der Waals surface area contributed by atoms with Crippen LogP contribution in [-0.2, 0) is 33.8 Å². The molecule has 0 radical (unpaired) electrons. The van der Waals surface area contributed by atoms with Gasteiger partial charge in [-0.2, -0.15) is 0 Å². The van der Waals surface area contributed by atoms with Crippen LogP contribution in [0.3, 0.4) is 0 Å². The number of methoxy groups -OCH3 is 1. The molecule has 214 valence electrons. The second-order valence-electron chi connectivity index (χ2n) is 11.5. The monoisotopic (exact) mass is 583 g/mol. The van der Waals surface area contributed by atoms with Crippen LogP contribution in [0.25, 0.3) is 11.3 Å². The third kappa shape index (κ3) is 6.30. The summed E-state index contributed by atoms with van der Waals surface area (Å²) in [5.74, 6) is 0.139. The average molecular weight is 584 g/mol. The Morgan fingerprint density at radius 1 is 1.25 bits per heavy atom. The third-order valence-corrected chi connectivity index (χ3v) is 8.82. The molecule has 2 aliphatic heterocycles. The highest BCUT2D eigenvalue weighted by atomic mass is 35.5. The Balaban J connectivity index is 1.31. The summed E-state index contributed by atoms with van der Waals surface area (Å²) in [4.78, 5) is 19.9. The summed E-state index contributed by atoms with van der Waals surface area (Å²) in [6.07, 6.45) is 1.41. The van der Waals surface area contributed by atoms with Crippen LogP contribution in [-0.4, -0.2) is 49.4 Å². The van der Waals surface area contributed by atoms with Crippen molar-refractivity contribution in [3.8, 4) is 17.0 Å². The molecule has 0 saturated carbocycles. The molecule has 0 aliphatic carbocycles. The summed E-state index contributed by atoms with van der Waals surface area (Å²) < 4.78 is 17.8. The van der Waals surface area contributed by atoms with E-state index in [4.69, 9.17) is 30.8 Å². The molecule has 1 saturated heterocycles. The lowest BCUT2D eigenvalue weighted by molar-refractivity contribution is -0.165. The first kappa shape index (κ1) is 28.9. The number of nitrogens with one attached hydrogen (secondary N) is 1. The van der Waals surface area contributed by atoms with Gasteiger partial charge in [0, 0.05) is 37.7 Å². The number of esters is 1. The lowest BCUT2D eigenvalue weighted by Crippen LogP contribution is -2.49. The minimum Gasteiger partial charge on any atom is -0.487 e. The smallest absolute Gasteiger partial charge is 0.312 e. The van der Waals surface area contributed by atoms with E-state index < -0.39 is 5.60 Å². The minimum absolute atomic E-state index is 0.203. The van der Waals surface area contributed by atoms with Gasteiger partial charge < -0.3 is 24.4 Å². The van der Waals surface area contributed by atoms with Gasteiger partial charge in [0.25, 0.3) is 0 Å². The van der Waals surface area contributed by atoms with E-state index in [1.54, 1.807) is 18.4 Å². The highest BCUT2D eigenvalue weighted by Crippen LogP contribution is 2.39. The fraction of sp³-hybridized carbons (Fsp3) is 0.484. The number of para-hydroxylation sites is 1. The van der Waals surface area contributed by atoms with Crippen LogP contribution in [0.5, 0.6) is 5.75 Å². The van der Waals surface area contributed by atoms with Crippen molar-refractivity contribution in [1.29, 1.82) is 0 Å². The molecule has 0 amide bonds. The first-order valence-electron chi connectivity index (χ1n) is 13.8. The second-order valence-corrected chi connectivity index (χ2v) is 12.7. The molecule has 3 aromatic rings. The summed E-state index contributed by atoms with van der Waals surface area (Å²) in [6.45, 7) is 11.5. The summed E-state index contributed by atoms with van der Waals surface area (Å²) in [7, 11) is 1.65. The van der Waals surface area contributed by atoms with E-state index in [-0.39, 0.29) is 18.0 Å². The molecular formula is C31H38ClN3O4S. The zero-order valence-corrected chi connectivity index (χ0v) is 25.5. The Labute approximate surface area is 245 Å². The van der Waals surface area contributed by atoms with E-state index >= 15 is 0 Å². The van der Waals surface area contributed by atoms with E-state index in [1.807, 2.05) is 44.4 Å². The highest BCUT2D eigenvalue weighted by molar-refractivity contribution is 7.14. The second kappa shape index (κ2) is 12.1. The standard InChI is InChI=1S/C31H38ClN3O4S/c1-19-21(10-9-20-15-33-13-11-22(19)20)17-38-28-23(7-6-8-25(28)32)26-18-40-30(34-26)35-14-12-24(27(16-35)37-5)29(36)39-31(2,3)4/h6-10,18,24,27,33H,11-17H2,1-5H3/t24-,27+/m0/s1. The number of fused-ring (bicyclic) bond motifs is 1. The summed E-state index contributed by atoms with van der Waals surface area (Å²) >= 11 is 8.23. The molecule has 1 N–H and O–H groups in total. The van der Waals surface area contributed by atoms with Gasteiger partial charge in [0.05, 0.1) is 22.7 Å². The van der Waals surface area contributed by atoms with Crippen molar-refractivity contribution >= 4 is 34.0 Å². The maximum Gasteiger partial charge on any atom is 0.312 e. The molecule has 1 fully saturated rings. The zero-order chi connectivity index (χ0) is 28.4. The molecule has 2 aliphatic rings. The molecule has 9 heteroatoms. The molecule has 0 bridgehead atoms. The van der Waals surface area contributed by atoms with Crippen molar-refractivity contribution in [1.82, 2.24) is 10.3 Å². The molecule has 2 atom stereocenters. The summed E-state index contributed by atoms with van der Waals surface area (Å²) in [6, 6.07) is 10.1. The SMILES string of the molecule is CO[C@@H]1CN(c2nc(-c3cccc(Cl)c3OCc3ccc4c(c3C)CCNC4)cs2)CC[C@@H]1C(=O)OC(C)(C)C. The number of thiazole rings is 1. The number of halogens is 1. The number of carbonyl (C=O) groups excluding carboxylic acids is 1. The van der Waals surface area contributed by atoms with E-state index in [0.29, 0.717) is 36.9 Å². The molecule has 0 unspecified atom stereocenters. The maximum atomic E-state index is 12.8. The number of rotatable bonds is 7. The zero-order valence-electron chi connectivity index (χ0n) is 23.9. The van der Waals surface area contributed by atoms with Gasteiger partial charge in [0.1, 0.15) is 18.0 Å². The van der Waals surface area contributed by atoms with Crippen molar-refractivity contribution in [2.24, 2.45) is 5.92 Å². The lowest BCUT2D eigenvalue weighted by Gasteiger charge is -2.37. The first-order valence-corrected chi connectivity index (χ1v) is 15.1. The van der Waals surface area contributed by atoms with Gasteiger partial charge in [0.15, 0.2) is 5.13 Å². The van der Waals surface area contributed by atoms with Gasteiger partial charge >= 0.3 is 5.97 Å². The van der Waals surface area contributed by atoms with Crippen molar-refractivity contribution in [2.75, 3.05) is 31.6 Å². The molecule has 0 spiro atoms. The topological polar surface area (TPSA) is 72.9 Å². The number of piperidine rings is 1. The largest absolute Gasteiger partial charge is 0.487 e. The van der Waals surface area contributed by atoms with E-state index in [1.165, 1.54) is 22.3 Å². The Bertz CT molecular complexity index is 1370. The predicted molar refractivity (Wildman–Crippen MR) is 160 cm³/mol. The van der Waals surface area contributed by atoms with Crippen LogP contribution < -0.4 is 15.0 Å². The Kier molecular flexibility index (Phi) is 8.71. The molecule has 2 aromatic carbocycles. The van der Waals surface area contributed by atoms with Crippen LogP contribution >= 0.6 is 22.9 Å². The third-order valence-electron chi connectivity index (χ3n) is 7.62. The van der Waals surface area contributed by atoms with Gasteiger partial charge in [0.2, 0.25) is 0 Å². The number of hydrogen-bond acceptors (Lipinski definition) is 8. The van der Waals surface area contributed by atoms with Crippen molar-refractivity contribution in [3.05, 3.63) is 63.0 Å². The van der Waals surface area contributed by atoms with Gasteiger partial charge in [-0.15, -0.1) is 11.3 Å². The van der Waals surface area contributed by atoms with E-state index in [0.717, 1.165) is 35.9 Å². The lowest BCUT2D eigenvalue weighted by atomic mass is 9.93. The fourth-order valence-corrected chi connectivity index (χ4v) is 6.58. The maximum absolute atomic E-state index is 12.8. The van der Waals surface area contributed by atoms with Crippen LogP contribution in [0.1, 0.15) is 49.4 Å². The minimum atomic E-state index is -0.524. The van der Waals surface area contributed by atoms with Crippen LogP contribution in [0.4, 0.5) is 5.13 Å². The van der Waals surface area contributed by atoms with Crippen LogP contribution in [0.2, 0.25) is 5.02 Å². The van der Waals surface area contributed by atoms with Gasteiger partial charge in [-0.1, -0.05) is 29.8 Å². The summed E-state index contributed by atoms with van der Waals surface area (Å²) in [5, 5.41) is 6.91. The Morgan fingerprint density at radius 2 is 2.08 bits per heavy atom. The normalized spacial score (nSPS) is 19.3. The fourth-order valence-electron chi connectivity index (χ4n) is 5.48. The average Bonchev–Trinajstić information content (AvgIpc) is 3.42. The van der Waals surface area contributed by atoms with Crippen LogP contribution in [0, 0.1) is 12.8 Å². The molecule has 5 rings (SSSR count). The van der Waals surface area contributed by atoms with Gasteiger partial charge in [-0.05, 0) is 81.5 Å². The van der Waals surface area contributed by atoms with Gasteiger partial charge in [-0.3, -0.25) is 4.79 Å². The summed E-state index contributed by atoms with van der Waals surface area (Å²) in [5.41, 5.74) is 6.41. The number of anilines is 1. The van der Waals surface area contributed by atoms with Crippen LogP contribution in [0.15, 0.2) is 35.7 Å². The Morgan fingerprint density at radius 3 is 2.85 bits per heavy atom. The molecular weight excluding hydrogens is 546 g/mol. The van der Waals surface area contributed by atoms with Crippen molar-refractivity contribution < 1.29 is 19.0 Å². The number of ether oxygens (including phenoxy) is 3. The van der Waals surface area contributed by atoms with Gasteiger partial charge in [-0.25, -0.2) is 4.98 Å². The van der Waals surface area contributed by atoms with Crippen molar-refractivity contribution in [3.63, 3.8) is 0 Å². The van der Waals surface area contributed by atoms with E-state index in [2.05, 4.69) is 29.3 Å². The Hall–Kier alpha value is -2.65. The molecule has 40 heavy (non-hydrogen) atoms. The number of hydrogen-bond donors (Lipinski definition) is 1. The van der Waals surface area contributed by atoms with Crippen molar-refractivity contribution in [2.45, 2.75) is 65.4 Å². The first-order chi connectivity index (χ1) is 19.1. The highest BCUT2D eigenvalue weighted by Gasteiger charge is 2.38. The number of carbonyl (C=O) groups is 1.